The molecule has 1 heteroatoms. The molecule has 0 aromatic carbocycles. The van der Waals surface area contributed by atoms with Gasteiger partial charge in [0, 0.05) is 11.9 Å². The maximum atomic E-state index is 4.39. The lowest BCUT2D eigenvalue weighted by atomic mass is 9.82. The van der Waals surface area contributed by atoms with Gasteiger partial charge in [0.15, 0.2) is 0 Å². The van der Waals surface area contributed by atoms with Crippen molar-refractivity contribution in [2.45, 2.75) is 52.9 Å². The van der Waals surface area contributed by atoms with Gasteiger partial charge in [-0.1, -0.05) is 34.6 Å². The lowest BCUT2D eigenvalue weighted by Crippen LogP contribution is -2.15. The van der Waals surface area contributed by atoms with Crippen molar-refractivity contribution in [1.82, 2.24) is 4.98 Å². The molecule has 0 saturated carbocycles. The smallest absolute Gasteiger partial charge is 0.0375 e. The minimum absolute atomic E-state index is 0.195. The third-order valence-electron chi connectivity index (χ3n) is 2.50. The van der Waals surface area contributed by atoms with Crippen molar-refractivity contribution in [1.29, 1.82) is 0 Å². The Morgan fingerprint density at radius 2 is 1.79 bits per heavy atom. The van der Waals surface area contributed by atoms with Crippen LogP contribution in [-0.4, -0.2) is 4.98 Å². The Morgan fingerprint density at radius 3 is 2.21 bits per heavy atom. The molecule has 0 aliphatic rings. The van der Waals surface area contributed by atoms with E-state index in [0.717, 1.165) is 5.69 Å². The van der Waals surface area contributed by atoms with E-state index in [0.29, 0.717) is 5.92 Å². The van der Waals surface area contributed by atoms with E-state index < -0.39 is 0 Å². The molecule has 1 nitrogen and oxygen atoms in total. The van der Waals surface area contributed by atoms with Crippen LogP contribution in [0.4, 0.5) is 0 Å². The number of hydrogen-bond donors (Lipinski definition) is 0. The Labute approximate surface area is 87.6 Å². The number of aromatic nitrogens is 1. The van der Waals surface area contributed by atoms with Crippen LogP contribution in [0.15, 0.2) is 12.3 Å². The number of hydrogen-bond acceptors (Lipinski definition) is 1. The van der Waals surface area contributed by atoms with Gasteiger partial charge in [-0.3, -0.25) is 4.98 Å². The average Bonchev–Trinajstić information content (AvgIpc) is 2.01. The summed E-state index contributed by atoms with van der Waals surface area (Å²) in [6.45, 7) is 13.3. The van der Waals surface area contributed by atoms with Crippen molar-refractivity contribution in [2.24, 2.45) is 0 Å². The van der Waals surface area contributed by atoms with Crippen LogP contribution in [0.2, 0.25) is 0 Å². The lowest BCUT2D eigenvalue weighted by Gasteiger charge is -2.24. The van der Waals surface area contributed by atoms with E-state index in [4.69, 9.17) is 0 Å². The lowest BCUT2D eigenvalue weighted by molar-refractivity contribution is 0.573. The number of pyridine rings is 1. The van der Waals surface area contributed by atoms with E-state index in [9.17, 15) is 0 Å². The largest absolute Gasteiger partial charge is 0.261 e. The quantitative estimate of drug-likeness (QED) is 0.657. The van der Waals surface area contributed by atoms with Gasteiger partial charge >= 0.3 is 0 Å². The predicted octanol–water partition coefficient (Wildman–Crippen LogP) is 3.81. The molecule has 1 aromatic rings. The Morgan fingerprint density at radius 1 is 1.21 bits per heavy atom. The van der Waals surface area contributed by atoms with Gasteiger partial charge in [0.25, 0.3) is 0 Å². The van der Waals surface area contributed by atoms with Gasteiger partial charge in [0.1, 0.15) is 0 Å². The van der Waals surface area contributed by atoms with Crippen molar-refractivity contribution in [3.05, 3.63) is 29.1 Å². The van der Waals surface area contributed by atoms with Crippen LogP contribution in [-0.2, 0) is 5.41 Å². The Kier molecular flexibility index (Phi) is 2.98. The van der Waals surface area contributed by atoms with Crippen LogP contribution in [0.3, 0.4) is 0 Å². The molecule has 78 valence electrons. The number of aryl methyl sites for hydroxylation is 1. The van der Waals surface area contributed by atoms with Gasteiger partial charge in [-0.25, -0.2) is 0 Å². The van der Waals surface area contributed by atoms with Crippen molar-refractivity contribution in [3.63, 3.8) is 0 Å². The third kappa shape index (κ3) is 2.34. The molecule has 0 aliphatic heterocycles. The summed E-state index contributed by atoms with van der Waals surface area (Å²) >= 11 is 0. The summed E-state index contributed by atoms with van der Waals surface area (Å²) in [6, 6.07) is 2.21. The second kappa shape index (κ2) is 3.72. The van der Waals surface area contributed by atoms with Crippen LogP contribution in [0.5, 0.6) is 0 Å². The first-order valence-electron chi connectivity index (χ1n) is 5.29. The van der Waals surface area contributed by atoms with Gasteiger partial charge in [-0.2, -0.15) is 0 Å². The number of nitrogens with zero attached hydrogens (tertiary/aromatic N) is 1. The zero-order chi connectivity index (χ0) is 10.9. The highest BCUT2D eigenvalue weighted by Crippen LogP contribution is 2.29. The van der Waals surface area contributed by atoms with E-state index in [2.05, 4.69) is 52.6 Å². The van der Waals surface area contributed by atoms with E-state index >= 15 is 0 Å². The highest BCUT2D eigenvalue weighted by atomic mass is 14.7. The fraction of sp³-hybridized carbons (Fsp3) is 0.615. The summed E-state index contributed by atoms with van der Waals surface area (Å²) in [5, 5.41) is 0. The van der Waals surface area contributed by atoms with E-state index in [1.807, 2.05) is 6.20 Å². The Bertz CT molecular complexity index is 318. The Balaban J connectivity index is 3.29. The first kappa shape index (κ1) is 11.2. The molecule has 0 unspecified atom stereocenters. The second-order valence-electron chi connectivity index (χ2n) is 5.32. The molecule has 14 heavy (non-hydrogen) atoms. The highest BCUT2D eigenvalue weighted by molar-refractivity contribution is 5.34. The summed E-state index contributed by atoms with van der Waals surface area (Å²) in [5.74, 6) is 0.575. The molecule has 0 amide bonds. The van der Waals surface area contributed by atoms with Crippen molar-refractivity contribution in [2.75, 3.05) is 0 Å². The summed E-state index contributed by atoms with van der Waals surface area (Å²) in [7, 11) is 0. The van der Waals surface area contributed by atoms with E-state index in [-0.39, 0.29) is 5.41 Å². The summed E-state index contributed by atoms with van der Waals surface area (Å²) in [5.41, 5.74) is 4.12. The van der Waals surface area contributed by atoms with E-state index in [1.54, 1.807) is 0 Å². The minimum Gasteiger partial charge on any atom is -0.261 e. The zero-order valence-corrected chi connectivity index (χ0v) is 10.2. The molecule has 1 aromatic heterocycles. The molecular weight excluding hydrogens is 170 g/mol. The molecule has 1 heterocycles. The summed E-state index contributed by atoms with van der Waals surface area (Å²) in [4.78, 5) is 4.39. The summed E-state index contributed by atoms with van der Waals surface area (Å²) in [6.07, 6.45) is 2.03. The Hall–Kier alpha value is -0.850. The van der Waals surface area contributed by atoms with Gasteiger partial charge in [0.05, 0.1) is 0 Å². The number of rotatable bonds is 1. The first-order chi connectivity index (χ1) is 6.32. The zero-order valence-electron chi connectivity index (χ0n) is 10.2. The molecular formula is C13H21N. The molecule has 0 N–H and O–H groups in total. The predicted molar refractivity (Wildman–Crippen MR) is 61.8 cm³/mol. The molecule has 0 saturated heterocycles. The molecule has 0 aliphatic carbocycles. The molecule has 0 spiro atoms. The molecule has 0 radical (unpaired) electrons. The maximum absolute atomic E-state index is 4.39. The minimum atomic E-state index is 0.195. The third-order valence-corrected chi connectivity index (χ3v) is 2.50. The van der Waals surface area contributed by atoms with Crippen LogP contribution in [0.25, 0.3) is 0 Å². The van der Waals surface area contributed by atoms with Gasteiger partial charge in [-0.15, -0.1) is 0 Å². The monoisotopic (exact) mass is 191 g/mol. The van der Waals surface area contributed by atoms with E-state index in [1.165, 1.54) is 11.1 Å². The van der Waals surface area contributed by atoms with Gasteiger partial charge in [-0.05, 0) is 35.4 Å². The van der Waals surface area contributed by atoms with Gasteiger partial charge < -0.3 is 0 Å². The standard InChI is InChI=1S/C13H21N/c1-9(2)11-7-10(3)14-8-12(11)13(4,5)6/h7-9H,1-6H3. The summed E-state index contributed by atoms with van der Waals surface area (Å²) < 4.78 is 0. The topological polar surface area (TPSA) is 12.9 Å². The average molecular weight is 191 g/mol. The SMILES string of the molecule is Cc1cc(C(C)C)c(C(C)(C)C)cn1. The second-order valence-corrected chi connectivity index (χ2v) is 5.32. The molecule has 1 rings (SSSR count). The van der Waals surface area contributed by atoms with Crippen LogP contribution < -0.4 is 0 Å². The first-order valence-corrected chi connectivity index (χ1v) is 5.29. The van der Waals surface area contributed by atoms with Crippen molar-refractivity contribution >= 4 is 0 Å². The molecule has 0 bridgehead atoms. The van der Waals surface area contributed by atoms with Crippen molar-refractivity contribution in [3.8, 4) is 0 Å². The fourth-order valence-corrected chi connectivity index (χ4v) is 1.69. The van der Waals surface area contributed by atoms with Crippen LogP contribution in [0, 0.1) is 6.92 Å². The molecule has 0 fully saturated rings. The van der Waals surface area contributed by atoms with Crippen LogP contribution in [0.1, 0.15) is 57.4 Å². The fourth-order valence-electron chi connectivity index (χ4n) is 1.69. The maximum Gasteiger partial charge on any atom is 0.0375 e. The van der Waals surface area contributed by atoms with Gasteiger partial charge in [0.2, 0.25) is 0 Å². The van der Waals surface area contributed by atoms with Crippen molar-refractivity contribution < 1.29 is 0 Å². The molecule has 0 atom stereocenters. The normalized spacial score (nSPS) is 12.2. The van der Waals surface area contributed by atoms with Crippen LogP contribution >= 0.6 is 0 Å². The highest BCUT2D eigenvalue weighted by Gasteiger charge is 2.19.